The van der Waals surface area contributed by atoms with Gasteiger partial charge in [-0.1, -0.05) is 13.3 Å². The Morgan fingerprint density at radius 3 is 2.89 bits per heavy atom. The van der Waals surface area contributed by atoms with Crippen LogP contribution in [0, 0.1) is 5.92 Å². The molecule has 0 amide bonds. The average Bonchev–Trinajstić information content (AvgIpc) is 2.88. The molecule has 5 nitrogen and oxygen atoms in total. The third-order valence-electron chi connectivity index (χ3n) is 4.30. The molecule has 2 aliphatic rings. The molecule has 0 spiro atoms. The first-order chi connectivity index (χ1) is 9.12. The zero-order valence-corrected chi connectivity index (χ0v) is 12.5. The molecule has 1 heterocycles. The first kappa shape index (κ1) is 15.2. The minimum atomic E-state index is -2.86. The summed E-state index contributed by atoms with van der Waals surface area (Å²) in [5.74, 6) is 1.06. The van der Waals surface area contributed by atoms with Crippen LogP contribution in [-0.2, 0) is 14.6 Å². The Labute approximate surface area is 116 Å². The van der Waals surface area contributed by atoms with E-state index in [1.807, 2.05) is 0 Å². The van der Waals surface area contributed by atoms with E-state index in [0.29, 0.717) is 24.5 Å². The van der Waals surface area contributed by atoms with Crippen molar-refractivity contribution in [1.29, 1.82) is 0 Å². The Kier molecular flexibility index (Phi) is 5.62. The number of nitrogens with one attached hydrogen (secondary N) is 2. The number of hydrogen-bond acceptors (Lipinski definition) is 5. The first-order valence-electron chi connectivity index (χ1n) is 7.37. The summed E-state index contributed by atoms with van der Waals surface area (Å²) in [5.41, 5.74) is 0. The molecule has 6 heteroatoms. The van der Waals surface area contributed by atoms with Gasteiger partial charge in [0.25, 0.3) is 0 Å². The summed E-state index contributed by atoms with van der Waals surface area (Å²) in [6.45, 7) is 4.80. The molecule has 1 aliphatic heterocycles. The molecule has 2 fully saturated rings. The molecule has 112 valence electrons. The zero-order valence-electron chi connectivity index (χ0n) is 11.7. The molecule has 2 N–H and O–H groups in total. The molecule has 3 atom stereocenters. The molecule has 0 aromatic rings. The van der Waals surface area contributed by atoms with Crippen LogP contribution in [0.15, 0.2) is 0 Å². The maximum absolute atomic E-state index is 11.5. The second-order valence-electron chi connectivity index (χ2n) is 5.53. The van der Waals surface area contributed by atoms with Gasteiger partial charge in [-0.3, -0.25) is 0 Å². The van der Waals surface area contributed by atoms with E-state index in [-0.39, 0.29) is 11.5 Å². The van der Waals surface area contributed by atoms with Crippen molar-refractivity contribution in [3.05, 3.63) is 0 Å². The third-order valence-corrected chi connectivity index (χ3v) is 6.00. The lowest BCUT2D eigenvalue weighted by Gasteiger charge is -2.33. The molecular formula is C13H26N2O3S. The molecular weight excluding hydrogens is 264 g/mol. The predicted octanol–water partition coefficient (Wildman–Crippen LogP) is 0.168. The van der Waals surface area contributed by atoms with Gasteiger partial charge in [-0.15, -0.1) is 0 Å². The fourth-order valence-electron chi connectivity index (χ4n) is 3.13. The van der Waals surface area contributed by atoms with Crippen LogP contribution in [0.2, 0.25) is 0 Å². The summed E-state index contributed by atoms with van der Waals surface area (Å²) >= 11 is 0. The lowest BCUT2D eigenvalue weighted by molar-refractivity contribution is 0.0527. The van der Waals surface area contributed by atoms with Crippen molar-refractivity contribution in [3.63, 3.8) is 0 Å². The maximum atomic E-state index is 11.5. The van der Waals surface area contributed by atoms with E-state index in [1.54, 1.807) is 6.92 Å². The van der Waals surface area contributed by atoms with Gasteiger partial charge in [0.05, 0.1) is 19.0 Å². The number of ether oxygens (including phenoxy) is 1. The van der Waals surface area contributed by atoms with Crippen LogP contribution in [0.4, 0.5) is 0 Å². The van der Waals surface area contributed by atoms with Gasteiger partial charge in [0.2, 0.25) is 0 Å². The van der Waals surface area contributed by atoms with Crippen molar-refractivity contribution in [2.24, 2.45) is 5.92 Å². The minimum Gasteiger partial charge on any atom is -0.379 e. The van der Waals surface area contributed by atoms with Gasteiger partial charge >= 0.3 is 0 Å². The van der Waals surface area contributed by atoms with Crippen molar-refractivity contribution in [2.75, 3.05) is 37.8 Å². The Balaban J connectivity index is 1.78. The van der Waals surface area contributed by atoms with E-state index in [2.05, 4.69) is 10.6 Å². The fourth-order valence-corrected chi connectivity index (χ4v) is 3.85. The lowest BCUT2D eigenvalue weighted by atomic mass is 9.94. The third kappa shape index (κ3) is 4.41. The highest BCUT2D eigenvalue weighted by Gasteiger charge is 2.34. The highest BCUT2D eigenvalue weighted by molar-refractivity contribution is 7.91. The van der Waals surface area contributed by atoms with Crippen LogP contribution in [0.1, 0.15) is 26.2 Å². The average molecular weight is 290 g/mol. The Hall–Kier alpha value is -0.170. The molecule has 1 saturated heterocycles. The standard InChI is InChI=1S/C13H26N2O3S/c1-2-19(16,17)9-7-15-12-5-3-4-11(12)13-10-18-8-6-14-13/h11-15H,2-10H2,1H3. The lowest BCUT2D eigenvalue weighted by Crippen LogP contribution is -2.51. The topological polar surface area (TPSA) is 67.4 Å². The van der Waals surface area contributed by atoms with Gasteiger partial charge in [0.1, 0.15) is 0 Å². The van der Waals surface area contributed by atoms with Gasteiger partial charge in [-0.05, 0) is 18.8 Å². The number of rotatable bonds is 6. The van der Waals surface area contributed by atoms with Crippen molar-refractivity contribution in [2.45, 2.75) is 38.3 Å². The normalized spacial score (nSPS) is 32.6. The predicted molar refractivity (Wildman–Crippen MR) is 76.1 cm³/mol. The second-order valence-corrected chi connectivity index (χ2v) is 8.00. The molecule has 0 radical (unpaired) electrons. The van der Waals surface area contributed by atoms with Gasteiger partial charge in [0.15, 0.2) is 9.84 Å². The Morgan fingerprint density at radius 2 is 2.21 bits per heavy atom. The van der Waals surface area contributed by atoms with Gasteiger partial charge in [-0.25, -0.2) is 8.42 Å². The summed E-state index contributed by atoms with van der Waals surface area (Å²) in [6.07, 6.45) is 3.58. The SMILES string of the molecule is CCS(=O)(=O)CCNC1CCCC1C1COCCN1. The molecule has 0 aromatic carbocycles. The molecule has 1 aliphatic carbocycles. The van der Waals surface area contributed by atoms with E-state index in [4.69, 9.17) is 4.74 Å². The fraction of sp³-hybridized carbons (Fsp3) is 1.00. The van der Waals surface area contributed by atoms with Crippen LogP contribution in [0.25, 0.3) is 0 Å². The van der Waals surface area contributed by atoms with Crippen molar-refractivity contribution >= 4 is 9.84 Å². The van der Waals surface area contributed by atoms with Gasteiger partial charge in [-0.2, -0.15) is 0 Å². The number of hydrogen-bond donors (Lipinski definition) is 2. The van der Waals surface area contributed by atoms with Crippen molar-refractivity contribution in [1.82, 2.24) is 10.6 Å². The van der Waals surface area contributed by atoms with Crippen LogP contribution in [0.5, 0.6) is 0 Å². The zero-order chi connectivity index (χ0) is 13.7. The number of sulfone groups is 1. The highest BCUT2D eigenvalue weighted by Crippen LogP contribution is 2.29. The van der Waals surface area contributed by atoms with Crippen LogP contribution in [0.3, 0.4) is 0 Å². The summed E-state index contributed by atoms with van der Waals surface area (Å²) in [4.78, 5) is 0. The molecule has 0 bridgehead atoms. The quantitative estimate of drug-likeness (QED) is 0.730. The summed E-state index contributed by atoms with van der Waals surface area (Å²) < 4.78 is 28.5. The smallest absolute Gasteiger partial charge is 0.151 e. The monoisotopic (exact) mass is 290 g/mol. The molecule has 0 aromatic heterocycles. The molecule has 1 saturated carbocycles. The van der Waals surface area contributed by atoms with Crippen LogP contribution in [-0.4, -0.2) is 58.3 Å². The van der Waals surface area contributed by atoms with E-state index in [1.165, 1.54) is 12.8 Å². The summed E-state index contributed by atoms with van der Waals surface area (Å²) in [6, 6.07) is 0.864. The number of morpholine rings is 1. The van der Waals surface area contributed by atoms with Crippen molar-refractivity contribution < 1.29 is 13.2 Å². The Bertz CT molecular complexity index is 366. The minimum absolute atomic E-state index is 0.237. The van der Waals surface area contributed by atoms with Gasteiger partial charge in [0, 0.05) is 30.9 Å². The molecule has 19 heavy (non-hydrogen) atoms. The summed E-state index contributed by atoms with van der Waals surface area (Å²) in [7, 11) is -2.86. The van der Waals surface area contributed by atoms with Gasteiger partial charge < -0.3 is 15.4 Å². The largest absolute Gasteiger partial charge is 0.379 e. The highest BCUT2D eigenvalue weighted by atomic mass is 32.2. The van der Waals surface area contributed by atoms with E-state index < -0.39 is 9.84 Å². The van der Waals surface area contributed by atoms with E-state index >= 15 is 0 Å². The van der Waals surface area contributed by atoms with E-state index in [9.17, 15) is 8.42 Å². The molecule has 2 rings (SSSR count). The first-order valence-corrected chi connectivity index (χ1v) is 9.19. The second kappa shape index (κ2) is 7.02. The Morgan fingerprint density at radius 1 is 1.37 bits per heavy atom. The molecule has 3 unspecified atom stereocenters. The van der Waals surface area contributed by atoms with Crippen molar-refractivity contribution in [3.8, 4) is 0 Å². The van der Waals surface area contributed by atoms with Crippen LogP contribution < -0.4 is 10.6 Å². The maximum Gasteiger partial charge on any atom is 0.151 e. The summed E-state index contributed by atoms with van der Waals surface area (Å²) in [5, 5.41) is 6.97. The van der Waals surface area contributed by atoms with Crippen LogP contribution >= 0.6 is 0 Å². The van der Waals surface area contributed by atoms with E-state index in [0.717, 1.165) is 26.2 Å².